The zero-order valence-corrected chi connectivity index (χ0v) is 10.7. The van der Waals surface area contributed by atoms with Crippen molar-refractivity contribution >= 4 is 18.6 Å². The van der Waals surface area contributed by atoms with Gasteiger partial charge in [-0.2, -0.15) is 0 Å². The number of carbonyl (C=O) groups is 1. The Morgan fingerprint density at radius 1 is 1.56 bits per heavy atom. The highest BCUT2D eigenvalue weighted by molar-refractivity contribution is 6.61. The van der Waals surface area contributed by atoms with E-state index in [9.17, 15) is 4.79 Å². The number of aromatic carboxylic acids is 1. The molecule has 0 aliphatic carbocycles. The highest BCUT2D eigenvalue weighted by Crippen LogP contribution is 2.25. The van der Waals surface area contributed by atoms with Gasteiger partial charge in [-0.05, 0) is 33.3 Å². The molecule has 18 heavy (non-hydrogen) atoms. The van der Waals surface area contributed by atoms with Crippen molar-refractivity contribution in [2.24, 2.45) is 0 Å². The molecule has 1 aromatic rings. The van der Waals surface area contributed by atoms with Crippen LogP contribution in [0.5, 0.6) is 0 Å². The van der Waals surface area contributed by atoms with E-state index < -0.39 is 13.1 Å². The summed E-state index contributed by atoms with van der Waals surface area (Å²) in [7, 11) is -0.560. The maximum atomic E-state index is 10.9. The van der Waals surface area contributed by atoms with Crippen molar-refractivity contribution in [3.8, 4) is 0 Å². The first-order valence-electron chi connectivity index (χ1n) is 5.89. The smallest absolute Gasteiger partial charge is 0.478 e. The SMILES string of the molecule is CC1CC(C)(C)OB(c2cncc(C(=O)O)c2)O1. The van der Waals surface area contributed by atoms with Gasteiger partial charge in [0.2, 0.25) is 0 Å². The summed E-state index contributed by atoms with van der Waals surface area (Å²) in [5.74, 6) is -1.01. The molecule has 1 aromatic heterocycles. The highest BCUT2D eigenvalue weighted by atomic mass is 16.6. The van der Waals surface area contributed by atoms with E-state index in [0.29, 0.717) is 5.46 Å². The van der Waals surface area contributed by atoms with Crippen LogP contribution in [0.3, 0.4) is 0 Å². The van der Waals surface area contributed by atoms with Gasteiger partial charge in [-0.1, -0.05) is 0 Å². The highest BCUT2D eigenvalue weighted by Gasteiger charge is 2.38. The van der Waals surface area contributed by atoms with E-state index in [0.717, 1.165) is 6.42 Å². The maximum Gasteiger partial charge on any atom is 0.496 e. The van der Waals surface area contributed by atoms with Crippen molar-refractivity contribution in [3.05, 3.63) is 24.0 Å². The fraction of sp³-hybridized carbons (Fsp3) is 0.500. The van der Waals surface area contributed by atoms with Crippen LogP contribution in [-0.4, -0.2) is 34.9 Å². The van der Waals surface area contributed by atoms with Crippen molar-refractivity contribution < 1.29 is 19.2 Å². The standard InChI is InChI=1S/C12H16BNO4/c1-8-5-12(2,3)18-13(17-8)10-4-9(11(15)16)6-14-7-10/h4,6-8H,5H2,1-3H3,(H,15,16). The number of pyridine rings is 1. The molecule has 1 fully saturated rings. The number of hydrogen-bond donors (Lipinski definition) is 1. The van der Waals surface area contributed by atoms with Gasteiger partial charge in [0.1, 0.15) is 0 Å². The minimum absolute atomic E-state index is 0.0623. The molecule has 1 saturated heterocycles. The summed E-state index contributed by atoms with van der Waals surface area (Å²) in [5, 5.41) is 8.94. The van der Waals surface area contributed by atoms with Gasteiger partial charge >= 0.3 is 13.1 Å². The van der Waals surface area contributed by atoms with Gasteiger partial charge in [0, 0.05) is 24.0 Å². The lowest BCUT2D eigenvalue weighted by Gasteiger charge is -2.38. The fourth-order valence-corrected chi connectivity index (χ4v) is 2.17. The zero-order chi connectivity index (χ0) is 13.3. The van der Waals surface area contributed by atoms with E-state index in [4.69, 9.17) is 14.4 Å². The van der Waals surface area contributed by atoms with Crippen LogP contribution in [0.15, 0.2) is 18.5 Å². The number of carboxylic acid groups (broad SMARTS) is 1. The first-order chi connectivity index (χ1) is 8.37. The molecule has 1 N–H and O–H groups in total. The Morgan fingerprint density at radius 2 is 2.28 bits per heavy atom. The summed E-state index contributed by atoms with van der Waals surface area (Å²) in [4.78, 5) is 14.8. The second-order valence-corrected chi connectivity index (χ2v) is 5.17. The molecule has 1 aliphatic rings. The van der Waals surface area contributed by atoms with Crippen molar-refractivity contribution in [2.75, 3.05) is 0 Å². The maximum absolute atomic E-state index is 10.9. The van der Waals surface area contributed by atoms with Crippen molar-refractivity contribution in [1.29, 1.82) is 0 Å². The van der Waals surface area contributed by atoms with Crippen LogP contribution in [0.25, 0.3) is 0 Å². The van der Waals surface area contributed by atoms with Gasteiger partial charge < -0.3 is 14.4 Å². The predicted molar refractivity (Wildman–Crippen MR) is 66.9 cm³/mol. The number of nitrogens with zero attached hydrogens (tertiary/aromatic N) is 1. The zero-order valence-electron chi connectivity index (χ0n) is 10.7. The second-order valence-electron chi connectivity index (χ2n) is 5.17. The van der Waals surface area contributed by atoms with E-state index in [1.807, 2.05) is 20.8 Å². The Bertz CT molecular complexity index is 463. The van der Waals surface area contributed by atoms with Gasteiger partial charge in [-0.25, -0.2) is 4.79 Å². The molecule has 1 aliphatic heterocycles. The van der Waals surface area contributed by atoms with E-state index in [2.05, 4.69) is 4.98 Å². The van der Waals surface area contributed by atoms with E-state index in [-0.39, 0.29) is 17.3 Å². The molecule has 0 aromatic carbocycles. The Kier molecular flexibility index (Phi) is 3.41. The average Bonchev–Trinajstić information content (AvgIpc) is 2.26. The monoisotopic (exact) mass is 249 g/mol. The molecule has 96 valence electrons. The van der Waals surface area contributed by atoms with Crippen molar-refractivity contribution in [1.82, 2.24) is 4.98 Å². The summed E-state index contributed by atoms with van der Waals surface area (Å²) >= 11 is 0. The van der Waals surface area contributed by atoms with Crippen LogP contribution in [0, 0.1) is 0 Å². The largest absolute Gasteiger partial charge is 0.496 e. The first kappa shape index (κ1) is 13.0. The number of carboxylic acids is 1. The van der Waals surface area contributed by atoms with E-state index in [1.165, 1.54) is 12.3 Å². The molecule has 5 nitrogen and oxygen atoms in total. The lowest BCUT2D eigenvalue weighted by Crippen LogP contribution is -2.51. The average molecular weight is 249 g/mol. The molecular weight excluding hydrogens is 233 g/mol. The van der Waals surface area contributed by atoms with Gasteiger partial charge in [-0.15, -0.1) is 0 Å². The van der Waals surface area contributed by atoms with Gasteiger partial charge in [0.25, 0.3) is 0 Å². The van der Waals surface area contributed by atoms with Gasteiger partial charge in [0.15, 0.2) is 0 Å². The fourth-order valence-electron chi connectivity index (χ4n) is 2.17. The third-order valence-electron chi connectivity index (χ3n) is 2.84. The number of rotatable bonds is 2. The number of aromatic nitrogens is 1. The van der Waals surface area contributed by atoms with Crippen LogP contribution < -0.4 is 5.46 Å². The van der Waals surface area contributed by atoms with Gasteiger partial charge in [0.05, 0.1) is 11.2 Å². The molecular formula is C12H16BNO4. The summed E-state index contributed by atoms with van der Waals surface area (Å²) in [6, 6.07) is 1.54. The Morgan fingerprint density at radius 3 is 2.89 bits per heavy atom. The topological polar surface area (TPSA) is 68.7 Å². The summed E-state index contributed by atoms with van der Waals surface area (Å²) < 4.78 is 11.5. The third-order valence-corrected chi connectivity index (χ3v) is 2.84. The normalized spacial score (nSPS) is 22.8. The van der Waals surface area contributed by atoms with Crippen LogP contribution in [0.4, 0.5) is 0 Å². The molecule has 1 unspecified atom stereocenters. The molecule has 0 bridgehead atoms. The minimum Gasteiger partial charge on any atom is -0.478 e. The summed E-state index contributed by atoms with van der Waals surface area (Å²) in [6.45, 7) is 5.97. The van der Waals surface area contributed by atoms with Crippen LogP contribution in [0.2, 0.25) is 0 Å². The Hall–Kier alpha value is -1.40. The number of hydrogen-bond acceptors (Lipinski definition) is 4. The molecule has 2 rings (SSSR count). The lowest BCUT2D eigenvalue weighted by atomic mass is 9.75. The van der Waals surface area contributed by atoms with Crippen molar-refractivity contribution in [2.45, 2.75) is 38.9 Å². The second kappa shape index (κ2) is 4.70. The van der Waals surface area contributed by atoms with Crippen LogP contribution in [0.1, 0.15) is 37.6 Å². The van der Waals surface area contributed by atoms with Crippen molar-refractivity contribution in [3.63, 3.8) is 0 Å². The first-order valence-corrected chi connectivity index (χ1v) is 5.89. The predicted octanol–water partition coefficient (Wildman–Crippen LogP) is 1.08. The molecule has 6 heteroatoms. The van der Waals surface area contributed by atoms with E-state index >= 15 is 0 Å². The molecule has 0 amide bonds. The Labute approximate surface area is 106 Å². The quantitative estimate of drug-likeness (QED) is 0.794. The van der Waals surface area contributed by atoms with Crippen LogP contribution >= 0.6 is 0 Å². The van der Waals surface area contributed by atoms with Gasteiger partial charge in [-0.3, -0.25) is 4.98 Å². The van der Waals surface area contributed by atoms with Crippen LogP contribution in [-0.2, 0) is 9.31 Å². The Balaban J connectivity index is 2.25. The summed E-state index contributed by atoms with van der Waals surface area (Å²) in [6.07, 6.45) is 3.75. The molecule has 2 heterocycles. The lowest BCUT2D eigenvalue weighted by molar-refractivity contribution is -0.0230. The molecule has 0 spiro atoms. The minimum atomic E-state index is -1.01. The molecule has 1 atom stereocenters. The van der Waals surface area contributed by atoms with E-state index in [1.54, 1.807) is 6.20 Å². The molecule has 0 radical (unpaired) electrons. The summed E-state index contributed by atoms with van der Waals surface area (Å²) in [5.41, 5.74) is 0.479. The third kappa shape index (κ3) is 2.89. The molecule has 0 saturated carbocycles.